The van der Waals surface area contributed by atoms with Gasteiger partial charge < -0.3 is 10.1 Å². The van der Waals surface area contributed by atoms with Gasteiger partial charge in [-0.1, -0.05) is 35.9 Å². The van der Waals surface area contributed by atoms with Crippen molar-refractivity contribution in [3.63, 3.8) is 0 Å². The fourth-order valence-corrected chi connectivity index (χ4v) is 2.50. The van der Waals surface area contributed by atoms with Crippen molar-refractivity contribution >= 4 is 17.9 Å². The average molecular weight is 318 g/mol. The standard InChI is InChI=1S/C10H14N2O4.C7H8/c13-8-3-1-2-7(6-11-8)9(14)12-4-5-16-10(12)15;1-7-5-3-2-4-6-7/h7H,1-6H2,(H,11,13);2-6H,1H3. The Morgan fingerprint density at radius 1 is 1.26 bits per heavy atom. The van der Waals surface area contributed by atoms with Gasteiger partial charge >= 0.3 is 6.09 Å². The van der Waals surface area contributed by atoms with E-state index in [1.54, 1.807) is 0 Å². The predicted molar refractivity (Wildman–Crippen MR) is 84.6 cm³/mol. The number of cyclic esters (lactones) is 1. The molecule has 2 aliphatic heterocycles. The summed E-state index contributed by atoms with van der Waals surface area (Å²) < 4.78 is 4.71. The van der Waals surface area contributed by atoms with Crippen LogP contribution in [0.25, 0.3) is 0 Å². The maximum absolute atomic E-state index is 11.9. The van der Waals surface area contributed by atoms with Crippen LogP contribution in [-0.2, 0) is 14.3 Å². The van der Waals surface area contributed by atoms with Crippen LogP contribution in [-0.4, -0.2) is 42.5 Å². The van der Waals surface area contributed by atoms with E-state index < -0.39 is 6.09 Å². The van der Waals surface area contributed by atoms with Crippen molar-refractivity contribution in [2.75, 3.05) is 19.7 Å². The summed E-state index contributed by atoms with van der Waals surface area (Å²) in [5.41, 5.74) is 1.32. The predicted octanol–water partition coefficient (Wildman–Crippen LogP) is 1.88. The molecule has 3 amide bonds. The van der Waals surface area contributed by atoms with Crippen molar-refractivity contribution in [1.82, 2.24) is 10.2 Å². The smallest absolute Gasteiger partial charge is 0.416 e. The van der Waals surface area contributed by atoms with Crippen molar-refractivity contribution < 1.29 is 19.1 Å². The quantitative estimate of drug-likeness (QED) is 0.858. The van der Waals surface area contributed by atoms with E-state index in [-0.39, 0.29) is 24.3 Å². The van der Waals surface area contributed by atoms with Crippen LogP contribution in [0.15, 0.2) is 30.3 Å². The summed E-state index contributed by atoms with van der Waals surface area (Å²) in [7, 11) is 0. The molecule has 6 nitrogen and oxygen atoms in total. The van der Waals surface area contributed by atoms with E-state index in [4.69, 9.17) is 4.74 Å². The third-order valence-electron chi connectivity index (χ3n) is 3.82. The minimum atomic E-state index is -0.569. The second-order valence-electron chi connectivity index (χ2n) is 5.65. The van der Waals surface area contributed by atoms with Gasteiger partial charge in [-0.15, -0.1) is 0 Å². The molecule has 1 N–H and O–H groups in total. The van der Waals surface area contributed by atoms with E-state index in [1.807, 2.05) is 18.2 Å². The minimum absolute atomic E-state index is 0.0284. The SMILES string of the molecule is Cc1ccccc1.O=C1CCCC(C(=O)N2CCOC2=O)CN1. The number of nitrogens with zero attached hydrogens (tertiary/aromatic N) is 1. The molecule has 0 aromatic heterocycles. The van der Waals surface area contributed by atoms with Gasteiger partial charge in [-0.2, -0.15) is 0 Å². The molecule has 0 spiro atoms. The number of carbonyl (C=O) groups excluding carboxylic acids is 3. The number of benzene rings is 1. The fourth-order valence-electron chi connectivity index (χ4n) is 2.50. The molecule has 1 aromatic carbocycles. The summed E-state index contributed by atoms with van der Waals surface area (Å²) in [6.07, 6.45) is 1.21. The first kappa shape index (κ1) is 17.0. The van der Waals surface area contributed by atoms with E-state index in [9.17, 15) is 14.4 Å². The Morgan fingerprint density at radius 2 is 2.00 bits per heavy atom. The number of carbonyl (C=O) groups is 3. The highest BCUT2D eigenvalue weighted by Crippen LogP contribution is 2.17. The van der Waals surface area contributed by atoms with E-state index in [2.05, 4.69) is 24.4 Å². The molecule has 1 aromatic rings. The molecule has 124 valence electrons. The molecule has 6 heteroatoms. The third kappa shape index (κ3) is 5.09. The number of aryl methyl sites for hydroxylation is 1. The van der Waals surface area contributed by atoms with Gasteiger partial charge in [0.05, 0.1) is 12.5 Å². The summed E-state index contributed by atoms with van der Waals surface area (Å²) in [5, 5.41) is 2.68. The number of nitrogens with one attached hydrogen (secondary N) is 1. The Bertz CT molecular complexity index is 559. The topological polar surface area (TPSA) is 75.7 Å². The summed E-state index contributed by atoms with van der Waals surface area (Å²) in [6, 6.07) is 10.3. The molecule has 0 bridgehead atoms. The first-order chi connectivity index (χ1) is 11.1. The van der Waals surface area contributed by atoms with Crippen molar-refractivity contribution in [3.8, 4) is 0 Å². The van der Waals surface area contributed by atoms with Gasteiger partial charge in [0, 0.05) is 13.0 Å². The van der Waals surface area contributed by atoms with Crippen molar-refractivity contribution in [2.24, 2.45) is 5.92 Å². The largest absolute Gasteiger partial charge is 0.447 e. The molecular weight excluding hydrogens is 296 g/mol. The molecule has 2 aliphatic rings. The van der Waals surface area contributed by atoms with Crippen LogP contribution >= 0.6 is 0 Å². The van der Waals surface area contributed by atoms with Gasteiger partial charge in [0.2, 0.25) is 11.8 Å². The van der Waals surface area contributed by atoms with Gasteiger partial charge in [0.1, 0.15) is 6.61 Å². The molecule has 0 saturated carbocycles. The van der Waals surface area contributed by atoms with E-state index >= 15 is 0 Å². The number of amides is 3. The Kier molecular flexibility index (Phi) is 6.14. The monoisotopic (exact) mass is 318 g/mol. The Morgan fingerprint density at radius 3 is 2.57 bits per heavy atom. The molecule has 2 saturated heterocycles. The lowest BCUT2D eigenvalue weighted by Crippen LogP contribution is -2.40. The van der Waals surface area contributed by atoms with Crippen LogP contribution in [0.5, 0.6) is 0 Å². The second-order valence-corrected chi connectivity index (χ2v) is 5.65. The van der Waals surface area contributed by atoms with E-state index in [0.717, 1.165) is 4.90 Å². The molecule has 2 fully saturated rings. The minimum Gasteiger partial charge on any atom is -0.447 e. The number of hydrogen-bond donors (Lipinski definition) is 1. The van der Waals surface area contributed by atoms with Crippen LogP contribution in [0.4, 0.5) is 4.79 Å². The number of ether oxygens (including phenoxy) is 1. The van der Waals surface area contributed by atoms with E-state index in [1.165, 1.54) is 5.56 Å². The highest BCUT2D eigenvalue weighted by Gasteiger charge is 2.34. The molecule has 0 aliphatic carbocycles. The Labute approximate surface area is 135 Å². The van der Waals surface area contributed by atoms with E-state index in [0.29, 0.717) is 32.4 Å². The lowest BCUT2D eigenvalue weighted by molar-refractivity contribution is -0.132. The average Bonchev–Trinajstić information content (AvgIpc) is 2.85. The third-order valence-corrected chi connectivity index (χ3v) is 3.82. The Hall–Kier alpha value is -2.37. The molecule has 0 radical (unpaired) electrons. The second kappa shape index (κ2) is 8.31. The summed E-state index contributed by atoms with van der Waals surface area (Å²) in [4.78, 5) is 35.4. The highest BCUT2D eigenvalue weighted by molar-refractivity contribution is 5.94. The van der Waals surface area contributed by atoms with Crippen molar-refractivity contribution in [3.05, 3.63) is 35.9 Å². The van der Waals surface area contributed by atoms with Gasteiger partial charge in [-0.3, -0.25) is 9.59 Å². The van der Waals surface area contributed by atoms with Crippen LogP contribution in [0.2, 0.25) is 0 Å². The normalized spacial score (nSPS) is 20.7. The van der Waals surface area contributed by atoms with Crippen molar-refractivity contribution in [1.29, 1.82) is 0 Å². The molecule has 1 unspecified atom stereocenters. The van der Waals surface area contributed by atoms with Gasteiger partial charge in [0.25, 0.3) is 0 Å². The summed E-state index contributed by atoms with van der Waals surface area (Å²) in [5.74, 6) is -0.555. The van der Waals surface area contributed by atoms with Gasteiger partial charge in [-0.25, -0.2) is 9.69 Å². The zero-order valence-corrected chi connectivity index (χ0v) is 13.3. The first-order valence-corrected chi connectivity index (χ1v) is 7.84. The Balaban J connectivity index is 0.000000229. The molecule has 1 atom stereocenters. The molecular formula is C17H22N2O4. The fraction of sp³-hybridized carbons (Fsp3) is 0.471. The lowest BCUT2D eigenvalue weighted by atomic mass is 10.0. The summed E-state index contributed by atoms with van der Waals surface area (Å²) in [6.45, 7) is 2.99. The van der Waals surface area contributed by atoms with Crippen LogP contribution in [0, 0.1) is 12.8 Å². The highest BCUT2D eigenvalue weighted by atomic mass is 16.6. The van der Waals surface area contributed by atoms with Crippen LogP contribution < -0.4 is 5.32 Å². The number of rotatable bonds is 1. The molecule has 3 rings (SSSR count). The summed E-state index contributed by atoms with van der Waals surface area (Å²) >= 11 is 0. The zero-order chi connectivity index (χ0) is 16.7. The maximum atomic E-state index is 11.9. The van der Waals surface area contributed by atoms with Crippen LogP contribution in [0.1, 0.15) is 24.8 Å². The number of imide groups is 1. The van der Waals surface area contributed by atoms with Gasteiger partial charge in [0.15, 0.2) is 0 Å². The maximum Gasteiger partial charge on any atom is 0.416 e. The van der Waals surface area contributed by atoms with Crippen molar-refractivity contribution in [2.45, 2.75) is 26.2 Å². The first-order valence-electron chi connectivity index (χ1n) is 7.84. The lowest BCUT2D eigenvalue weighted by Gasteiger charge is -2.18. The zero-order valence-electron chi connectivity index (χ0n) is 13.3. The van der Waals surface area contributed by atoms with Gasteiger partial charge in [-0.05, 0) is 19.8 Å². The molecule has 2 heterocycles. The molecule has 23 heavy (non-hydrogen) atoms. The number of hydrogen-bond acceptors (Lipinski definition) is 4. The van der Waals surface area contributed by atoms with Crippen LogP contribution in [0.3, 0.4) is 0 Å².